The predicted molar refractivity (Wildman–Crippen MR) is 79.8 cm³/mol. The van der Waals surface area contributed by atoms with E-state index < -0.39 is 0 Å². The van der Waals surface area contributed by atoms with Gasteiger partial charge in [0.05, 0.1) is 0 Å². The first kappa shape index (κ1) is 16.1. The summed E-state index contributed by atoms with van der Waals surface area (Å²) in [6, 6.07) is 1.49. The fourth-order valence-corrected chi connectivity index (χ4v) is 2.59. The molecule has 1 nitrogen and oxygen atoms in total. The first-order valence-corrected chi connectivity index (χ1v) is 7.89. The fraction of sp³-hybridized carbons (Fsp3) is 0.706. The lowest BCUT2D eigenvalue weighted by Gasteiger charge is -2.17. The number of hydrogen-bond donors (Lipinski definition) is 0. The molecule has 0 radical (unpaired) electrons. The van der Waals surface area contributed by atoms with Crippen molar-refractivity contribution in [3.05, 3.63) is 29.8 Å². The van der Waals surface area contributed by atoms with Gasteiger partial charge in [0.15, 0.2) is 0 Å². The summed E-state index contributed by atoms with van der Waals surface area (Å²) in [5.74, 6) is 0.278. The highest BCUT2D eigenvalue weighted by molar-refractivity contribution is 5.17. The van der Waals surface area contributed by atoms with Crippen LogP contribution in [0.4, 0.5) is 4.39 Å². The van der Waals surface area contributed by atoms with Crippen molar-refractivity contribution in [2.75, 3.05) is 0 Å². The Kier molecular flexibility index (Phi) is 8.44. The van der Waals surface area contributed by atoms with Crippen LogP contribution in [0.2, 0.25) is 0 Å². The number of nitrogens with zero attached hydrogens (tertiary/aromatic N) is 1. The maximum Gasteiger partial charge on any atom is 0.129 e. The van der Waals surface area contributed by atoms with Crippen molar-refractivity contribution >= 4 is 0 Å². The second-order valence-corrected chi connectivity index (χ2v) is 5.44. The zero-order chi connectivity index (χ0) is 13.9. The van der Waals surface area contributed by atoms with Crippen LogP contribution in [0.15, 0.2) is 18.5 Å². The highest BCUT2D eigenvalue weighted by atomic mass is 19.1. The van der Waals surface area contributed by atoms with Crippen LogP contribution in [-0.2, 0) is 0 Å². The molecule has 108 valence electrons. The van der Waals surface area contributed by atoms with E-state index in [4.69, 9.17) is 0 Å². The predicted octanol–water partition coefficient (Wildman–Crippen LogP) is 5.86. The summed E-state index contributed by atoms with van der Waals surface area (Å²) < 4.78 is 13.9. The van der Waals surface area contributed by atoms with E-state index in [2.05, 4.69) is 18.8 Å². The van der Waals surface area contributed by atoms with Crippen LogP contribution in [0.1, 0.15) is 83.1 Å². The minimum atomic E-state index is -0.0790. The van der Waals surface area contributed by atoms with E-state index in [0.29, 0.717) is 5.92 Å². The third-order valence-electron chi connectivity index (χ3n) is 3.80. The van der Waals surface area contributed by atoms with Crippen LogP contribution in [0.3, 0.4) is 0 Å². The van der Waals surface area contributed by atoms with Crippen LogP contribution in [-0.4, -0.2) is 4.98 Å². The summed E-state index contributed by atoms with van der Waals surface area (Å²) in [5.41, 5.74) is 0.825. The number of hydrogen-bond acceptors (Lipinski definition) is 1. The van der Waals surface area contributed by atoms with Crippen LogP contribution >= 0.6 is 0 Å². The molecule has 1 aromatic heterocycles. The Hall–Kier alpha value is -0.920. The summed E-state index contributed by atoms with van der Waals surface area (Å²) in [4.78, 5) is 4.09. The summed E-state index contributed by atoms with van der Waals surface area (Å²) in [5, 5.41) is 0. The monoisotopic (exact) mass is 265 g/mol. The van der Waals surface area contributed by atoms with E-state index in [1.54, 1.807) is 6.20 Å². The van der Waals surface area contributed by atoms with Gasteiger partial charge >= 0.3 is 0 Å². The van der Waals surface area contributed by atoms with Gasteiger partial charge in [0.25, 0.3) is 0 Å². The third kappa shape index (κ3) is 6.17. The summed E-state index contributed by atoms with van der Waals surface area (Å²) in [7, 11) is 0. The molecule has 0 aromatic carbocycles. The molecular formula is C17H28FN. The average molecular weight is 265 g/mol. The van der Waals surface area contributed by atoms with Crippen LogP contribution in [0.5, 0.6) is 0 Å². The van der Waals surface area contributed by atoms with Gasteiger partial charge in [0.1, 0.15) is 5.82 Å². The first-order valence-electron chi connectivity index (χ1n) is 7.89. The molecule has 1 aromatic rings. The second kappa shape index (κ2) is 9.94. The zero-order valence-corrected chi connectivity index (χ0v) is 12.5. The molecule has 0 amide bonds. The molecule has 1 heterocycles. The third-order valence-corrected chi connectivity index (χ3v) is 3.80. The number of halogens is 1. The van der Waals surface area contributed by atoms with Crippen molar-refractivity contribution in [2.45, 2.75) is 77.6 Å². The molecule has 0 bridgehead atoms. The highest BCUT2D eigenvalue weighted by Gasteiger charge is 2.15. The van der Waals surface area contributed by atoms with Gasteiger partial charge in [-0.05, 0) is 24.8 Å². The zero-order valence-electron chi connectivity index (χ0n) is 12.5. The molecule has 0 aliphatic carbocycles. The van der Waals surface area contributed by atoms with E-state index in [0.717, 1.165) is 18.4 Å². The topological polar surface area (TPSA) is 12.9 Å². The lowest BCUT2D eigenvalue weighted by Crippen LogP contribution is -2.03. The molecule has 0 saturated heterocycles. The Morgan fingerprint density at radius 3 is 2.37 bits per heavy atom. The molecule has 1 unspecified atom stereocenters. The second-order valence-electron chi connectivity index (χ2n) is 5.44. The molecular weight excluding hydrogens is 237 g/mol. The molecule has 0 fully saturated rings. The van der Waals surface area contributed by atoms with Crippen molar-refractivity contribution in [2.24, 2.45) is 0 Å². The van der Waals surface area contributed by atoms with Crippen molar-refractivity contribution in [3.63, 3.8) is 0 Å². The van der Waals surface area contributed by atoms with Gasteiger partial charge < -0.3 is 0 Å². The van der Waals surface area contributed by atoms with Gasteiger partial charge in [0.2, 0.25) is 0 Å². The van der Waals surface area contributed by atoms with Gasteiger partial charge in [-0.15, -0.1) is 0 Å². The van der Waals surface area contributed by atoms with Gasteiger partial charge in [-0.25, -0.2) is 4.39 Å². The molecule has 0 spiro atoms. The van der Waals surface area contributed by atoms with Gasteiger partial charge in [0, 0.05) is 18.0 Å². The van der Waals surface area contributed by atoms with E-state index in [1.807, 2.05) is 0 Å². The molecule has 2 heteroatoms. The van der Waals surface area contributed by atoms with Crippen LogP contribution in [0.25, 0.3) is 0 Å². The standard InChI is InChI=1S/C17H28FN/c1-3-5-7-8-9-11-15(10-6-4-2)16-14-19-13-12-17(16)18/h12-15H,3-11H2,1-2H3. The minimum absolute atomic E-state index is 0.0790. The number of aromatic nitrogens is 1. The van der Waals surface area contributed by atoms with Crippen molar-refractivity contribution < 1.29 is 4.39 Å². The van der Waals surface area contributed by atoms with E-state index >= 15 is 0 Å². The quantitative estimate of drug-likeness (QED) is 0.483. The Labute approximate surface area is 117 Å². The lowest BCUT2D eigenvalue weighted by molar-refractivity contribution is 0.481. The SMILES string of the molecule is CCCCCCCC(CCCC)c1cnccc1F. The average Bonchev–Trinajstić information content (AvgIpc) is 2.43. The van der Waals surface area contributed by atoms with Crippen molar-refractivity contribution in [1.82, 2.24) is 4.98 Å². The van der Waals surface area contributed by atoms with E-state index in [9.17, 15) is 4.39 Å². The van der Waals surface area contributed by atoms with Crippen molar-refractivity contribution in [1.29, 1.82) is 0 Å². The maximum absolute atomic E-state index is 13.9. The largest absolute Gasteiger partial charge is 0.264 e. The Morgan fingerprint density at radius 1 is 1.00 bits per heavy atom. The van der Waals surface area contributed by atoms with Gasteiger partial charge in [-0.1, -0.05) is 58.8 Å². The normalized spacial score (nSPS) is 12.6. The molecule has 0 aliphatic heterocycles. The first-order chi connectivity index (χ1) is 9.29. The van der Waals surface area contributed by atoms with Crippen molar-refractivity contribution in [3.8, 4) is 0 Å². The molecule has 19 heavy (non-hydrogen) atoms. The number of rotatable bonds is 10. The number of unbranched alkanes of at least 4 members (excludes halogenated alkanes) is 5. The van der Waals surface area contributed by atoms with E-state index in [-0.39, 0.29) is 5.82 Å². The minimum Gasteiger partial charge on any atom is -0.264 e. The smallest absolute Gasteiger partial charge is 0.129 e. The molecule has 0 saturated carbocycles. The van der Waals surface area contributed by atoms with Crippen LogP contribution in [0, 0.1) is 5.82 Å². The molecule has 0 aliphatic rings. The molecule has 0 N–H and O–H groups in total. The maximum atomic E-state index is 13.9. The highest BCUT2D eigenvalue weighted by Crippen LogP contribution is 2.29. The Balaban J connectivity index is 2.49. The molecule has 1 rings (SSSR count). The molecule has 1 atom stereocenters. The van der Waals surface area contributed by atoms with Crippen LogP contribution < -0.4 is 0 Å². The van der Waals surface area contributed by atoms with Gasteiger partial charge in [-0.3, -0.25) is 4.98 Å². The summed E-state index contributed by atoms with van der Waals surface area (Å²) in [6.07, 6.45) is 14.2. The lowest BCUT2D eigenvalue weighted by atomic mass is 9.89. The van der Waals surface area contributed by atoms with E-state index in [1.165, 1.54) is 57.2 Å². The number of pyridine rings is 1. The summed E-state index contributed by atoms with van der Waals surface area (Å²) >= 11 is 0. The Bertz CT molecular complexity index is 338. The fourth-order valence-electron chi connectivity index (χ4n) is 2.59. The van der Waals surface area contributed by atoms with Gasteiger partial charge in [-0.2, -0.15) is 0 Å². The summed E-state index contributed by atoms with van der Waals surface area (Å²) in [6.45, 7) is 4.42. The Morgan fingerprint density at radius 2 is 1.68 bits per heavy atom.